The SMILES string of the molecule is C=C1[C@H]2[C@H](CO)C[C@](C(=O)CCc3cccc(-c4ccc(Cc5ccc(O)cc5)c(O)c4)c3)([C@@H]2OC)[C@]1(C)C1CCCC1. The van der Waals surface area contributed by atoms with Gasteiger partial charge in [-0.2, -0.15) is 0 Å². The summed E-state index contributed by atoms with van der Waals surface area (Å²) in [4.78, 5) is 14.5. The van der Waals surface area contributed by atoms with Crippen LogP contribution >= 0.6 is 0 Å². The molecule has 0 unspecified atom stereocenters. The van der Waals surface area contributed by atoms with Gasteiger partial charge in [0.2, 0.25) is 0 Å². The molecule has 0 heterocycles. The largest absolute Gasteiger partial charge is 0.508 e. The lowest BCUT2D eigenvalue weighted by molar-refractivity contribution is -0.145. The van der Waals surface area contributed by atoms with Gasteiger partial charge in [-0.15, -0.1) is 0 Å². The van der Waals surface area contributed by atoms with Gasteiger partial charge in [0.15, 0.2) is 0 Å². The fourth-order valence-corrected chi connectivity index (χ4v) is 9.15. The summed E-state index contributed by atoms with van der Waals surface area (Å²) in [6.45, 7) is 6.92. The van der Waals surface area contributed by atoms with E-state index in [9.17, 15) is 20.1 Å². The number of methoxy groups -OCH3 is 1. The standard InChI is InChI=1S/C38H44O5/c1-24-35-30(23-39)22-38(36(35)43-3,37(24,2)31-9-4-5-10-31)34(42)18-13-25-7-6-8-27(19-25)28-14-15-29(33(41)21-28)20-26-11-16-32(40)17-12-26/h6-8,11-12,14-17,19,21,30-31,35-36,39-41H,1,4-5,9-10,13,18,20,22-23H2,2-3H3/t30-,35-,36+,37-,38-/m0/s1. The molecular weight excluding hydrogens is 536 g/mol. The lowest BCUT2D eigenvalue weighted by Gasteiger charge is -2.50. The molecule has 6 rings (SSSR count). The molecule has 3 fully saturated rings. The number of hydrogen-bond acceptors (Lipinski definition) is 5. The molecule has 3 aliphatic carbocycles. The summed E-state index contributed by atoms with van der Waals surface area (Å²) >= 11 is 0. The predicted molar refractivity (Wildman–Crippen MR) is 169 cm³/mol. The van der Waals surface area contributed by atoms with Gasteiger partial charge in [-0.3, -0.25) is 4.79 Å². The van der Waals surface area contributed by atoms with E-state index in [0.29, 0.717) is 31.6 Å². The first-order chi connectivity index (χ1) is 20.7. The average Bonchev–Trinajstić information content (AvgIpc) is 3.72. The number of phenols is 2. The number of benzene rings is 3. The molecule has 0 saturated heterocycles. The Morgan fingerprint density at radius 3 is 2.37 bits per heavy atom. The molecule has 3 aromatic carbocycles. The third kappa shape index (κ3) is 4.81. The van der Waals surface area contributed by atoms with Gasteiger partial charge in [-0.1, -0.05) is 80.4 Å². The minimum absolute atomic E-state index is 0.0175. The maximum Gasteiger partial charge on any atom is 0.142 e. The highest BCUT2D eigenvalue weighted by Crippen LogP contribution is 2.73. The zero-order chi connectivity index (χ0) is 30.4. The van der Waals surface area contributed by atoms with Gasteiger partial charge in [0.05, 0.1) is 11.5 Å². The smallest absolute Gasteiger partial charge is 0.142 e. The third-order valence-electron chi connectivity index (χ3n) is 11.4. The molecule has 5 nitrogen and oxygen atoms in total. The molecule has 3 saturated carbocycles. The number of phenolic OH excluding ortho intramolecular Hbond substituents is 2. The number of Topliss-reactive ketones (excluding diaryl/α,β-unsaturated/α-hetero) is 1. The van der Waals surface area contributed by atoms with Crippen LogP contribution in [0.3, 0.4) is 0 Å². The molecule has 2 bridgehead atoms. The van der Waals surface area contributed by atoms with Crippen LogP contribution in [0.4, 0.5) is 0 Å². The molecule has 3 aliphatic rings. The normalized spacial score (nSPS) is 28.5. The van der Waals surface area contributed by atoms with Crippen LogP contribution in [0.25, 0.3) is 11.1 Å². The Bertz CT molecular complexity index is 1500. The van der Waals surface area contributed by atoms with Crippen molar-refractivity contribution in [3.8, 4) is 22.6 Å². The van der Waals surface area contributed by atoms with Crippen LogP contribution in [0.2, 0.25) is 0 Å². The maximum absolute atomic E-state index is 14.5. The van der Waals surface area contributed by atoms with Gasteiger partial charge in [-0.05, 0) is 83.5 Å². The number of ketones is 1. The first-order valence-electron chi connectivity index (χ1n) is 15.8. The number of ether oxygens (including phenoxy) is 1. The number of hydrogen-bond donors (Lipinski definition) is 3. The summed E-state index contributed by atoms with van der Waals surface area (Å²) in [6, 6.07) is 21.0. The Balaban J connectivity index is 1.22. The number of aliphatic hydroxyl groups excluding tert-OH is 1. The number of carbonyl (C=O) groups is 1. The highest BCUT2D eigenvalue weighted by atomic mass is 16.5. The minimum atomic E-state index is -0.650. The van der Waals surface area contributed by atoms with Crippen molar-refractivity contribution in [3.05, 3.63) is 95.6 Å². The van der Waals surface area contributed by atoms with E-state index in [-0.39, 0.29) is 47.2 Å². The number of aromatic hydroxyl groups is 2. The molecule has 43 heavy (non-hydrogen) atoms. The highest BCUT2D eigenvalue weighted by Gasteiger charge is 2.74. The van der Waals surface area contributed by atoms with Gasteiger partial charge >= 0.3 is 0 Å². The summed E-state index contributed by atoms with van der Waals surface area (Å²) in [5, 5.41) is 30.6. The van der Waals surface area contributed by atoms with Crippen molar-refractivity contribution in [2.45, 2.75) is 64.4 Å². The number of aryl methyl sites for hydroxylation is 1. The summed E-state index contributed by atoms with van der Waals surface area (Å²) in [7, 11) is 1.72. The molecule has 0 aromatic heterocycles. The second kappa shape index (κ2) is 11.6. The van der Waals surface area contributed by atoms with Crippen LogP contribution in [0, 0.1) is 28.6 Å². The van der Waals surface area contributed by atoms with Crippen molar-refractivity contribution in [2.24, 2.45) is 28.6 Å². The molecule has 0 radical (unpaired) electrons. The molecule has 3 aromatic rings. The van der Waals surface area contributed by atoms with Crippen molar-refractivity contribution in [2.75, 3.05) is 13.7 Å². The van der Waals surface area contributed by atoms with Crippen molar-refractivity contribution in [1.82, 2.24) is 0 Å². The van der Waals surface area contributed by atoms with E-state index in [1.165, 1.54) is 12.8 Å². The predicted octanol–water partition coefficient (Wildman–Crippen LogP) is 7.25. The first kappa shape index (κ1) is 29.7. The van der Waals surface area contributed by atoms with E-state index in [4.69, 9.17) is 4.74 Å². The fourth-order valence-electron chi connectivity index (χ4n) is 9.15. The molecule has 226 valence electrons. The van der Waals surface area contributed by atoms with E-state index >= 15 is 0 Å². The Morgan fingerprint density at radius 1 is 0.977 bits per heavy atom. The molecule has 0 aliphatic heterocycles. The highest BCUT2D eigenvalue weighted by molar-refractivity contribution is 5.89. The molecule has 0 amide bonds. The summed E-state index contributed by atoms with van der Waals surface area (Å²) < 4.78 is 6.15. The number of fused-ring (bicyclic) bond motifs is 2. The van der Waals surface area contributed by atoms with Crippen LogP contribution < -0.4 is 0 Å². The Hall–Kier alpha value is -3.41. The lowest BCUT2D eigenvalue weighted by Crippen LogP contribution is -2.52. The zero-order valence-corrected chi connectivity index (χ0v) is 25.4. The topological polar surface area (TPSA) is 87.0 Å². The van der Waals surface area contributed by atoms with Gasteiger partial charge in [0.25, 0.3) is 0 Å². The van der Waals surface area contributed by atoms with E-state index in [1.54, 1.807) is 25.3 Å². The number of rotatable bonds is 10. The van der Waals surface area contributed by atoms with Crippen LogP contribution in [-0.2, 0) is 22.4 Å². The van der Waals surface area contributed by atoms with Crippen LogP contribution in [0.15, 0.2) is 78.9 Å². The molecule has 5 atom stereocenters. The summed E-state index contributed by atoms with van der Waals surface area (Å²) in [6.07, 6.45) is 6.70. The van der Waals surface area contributed by atoms with Gasteiger partial charge in [0, 0.05) is 37.9 Å². The first-order valence-corrected chi connectivity index (χ1v) is 15.8. The molecule has 5 heteroatoms. The zero-order valence-electron chi connectivity index (χ0n) is 25.4. The van der Waals surface area contributed by atoms with Crippen molar-refractivity contribution < 1.29 is 24.9 Å². The Labute approximate surface area is 255 Å². The lowest BCUT2D eigenvalue weighted by atomic mass is 9.52. The van der Waals surface area contributed by atoms with Gasteiger partial charge in [-0.25, -0.2) is 0 Å². The Kier molecular flexibility index (Phi) is 7.99. The van der Waals surface area contributed by atoms with Crippen molar-refractivity contribution in [3.63, 3.8) is 0 Å². The van der Waals surface area contributed by atoms with Gasteiger partial charge in [0.1, 0.15) is 17.3 Å². The van der Waals surface area contributed by atoms with Crippen molar-refractivity contribution in [1.29, 1.82) is 0 Å². The van der Waals surface area contributed by atoms with Crippen molar-refractivity contribution >= 4 is 5.78 Å². The van der Waals surface area contributed by atoms with E-state index in [2.05, 4.69) is 25.6 Å². The average molecular weight is 581 g/mol. The Morgan fingerprint density at radius 2 is 1.70 bits per heavy atom. The third-order valence-corrected chi connectivity index (χ3v) is 11.4. The molecule has 0 spiro atoms. The van der Waals surface area contributed by atoms with Crippen LogP contribution in [0.1, 0.15) is 62.1 Å². The minimum Gasteiger partial charge on any atom is -0.508 e. The second-order valence-corrected chi connectivity index (χ2v) is 13.3. The second-order valence-electron chi connectivity index (χ2n) is 13.3. The number of aliphatic hydroxyl groups is 1. The monoisotopic (exact) mass is 580 g/mol. The maximum atomic E-state index is 14.5. The molecular formula is C38H44O5. The quantitative estimate of drug-likeness (QED) is 0.220. The fraction of sp³-hybridized carbons (Fsp3) is 0.447. The summed E-state index contributed by atoms with van der Waals surface area (Å²) in [5.41, 5.74) is 5.00. The molecule has 3 N–H and O–H groups in total. The van der Waals surface area contributed by atoms with Crippen LogP contribution in [0.5, 0.6) is 11.5 Å². The van der Waals surface area contributed by atoms with E-state index < -0.39 is 5.41 Å². The van der Waals surface area contributed by atoms with Gasteiger partial charge < -0.3 is 20.1 Å². The van der Waals surface area contributed by atoms with E-state index in [0.717, 1.165) is 46.2 Å². The summed E-state index contributed by atoms with van der Waals surface area (Å²) in [5.74, 6) is 1.18. The number of carbonyl (C=O) groups excluding carboxylic acids is 1. The van der Waals surface area contributed by atoms with Crippen LogP contribution in [-0.4, -0.2) is 40.9 Å². The van der Waals surface area contributed by atoms with E-state index in [1.807, 2.05) is 36.4 Å².